The lowest BCUT2D eigenvalue weighted by Crippen LogP contribution is -2.45. The molecule has 0 aromatic carbocycles. The van der Waals surface area contributed by atoms with Gasteiger partial charge in [-0.2, -0.15) is 0 Å². The summed E-state index contributed by atoms with van der Waals surface area (Å²) in [5.74, 6) is 0.349. The van der Waals surface area contributed by atoms with Crippen LogP contribution in [0.3, 0.4) is 0 Å². The molecule has 2 heterocycles. The molecule has 1 saturated carbocycles. The van der Waals surface area contributed by atoms with Gasteiger partial charge < -0.3 is 4.90 Å². The van der Waals surface area contributed by atoms with Gasteiger partial charge in [-0.25, -0.2) is 0 Å². The lowest BCUT2D eigenvalue weighted by Gasteiger charge is -2.31. The summed E-state index contributed by atoms with van der Waals surface area (Å²) in [4.78, 5) is 16.5. The fraction of sp³-hybridized carbons (Fsp3) is 0.688. The fourth-order valence-corrected chi connectivity index (χ4v) is 4.58. The molecule has 1 spiro atoms. The maximum absolute atomic E-state index is 13.1. The summed E-state index contributed by atoms with van der Waals surface area (Å²) in [6.07, 6.45) is 6.50. The second kappa shape index (κ2) is 5.49. The van der Waals surface area contributed by atoms with E-state index in [-0.39, 0.29) is 11.7 Å². The maximum Gasteiger partial charge on any atom is 0.244 e. The highest BCUT2D eigenvalue weighted by Crippen LogP contribution is 2.43. The summed E-state index contributed by atoms with van der Waals surface area (Å²) < 4.78 is 0. The monoisotopic (exact) mass is 292 g/mol. The average Bonchev–Trinajstić information content (AvgIpc) is 3.17. The van der Waals surface area contributed by atoms with Gasteiger partial charge in [0.25, 0.3) is 0 Å². The average molecular weight is 292 g/mol. The summed E-state index contributed by atoms with van der Waals surface area (Å²) in [5, 5.41) is 5.81. The predicted molar refractivity (Wildman–Crippen MR) is 82.6 cm³/mol. The van der Waals surface area contributed by atoms with E-state index in [2.05, 4.69) is 41.6 Å². The molecule has 1 aliphatic carbocycles. The number of rotatable bonds is 4. The maximum atomic E-state index is 13.1. The van der Waals surface area contributed by atoms with Crippen LogP contribution in [-0.4, -0.2) is 22.4 Å². The topological polar surface area (TPSA) is 32.3 Å². The van der Waals surface area contributed by atoms with Crippen molar-refractivity contribution in [2.24, 2.45) is 0 Å². The molecule has 1 amide bonds. The Balaban J connectivity index is 1.96. The number of nitrogens with one attached hydrogen (secondary N) is 1. The van der Waals surface area contributed by atoms with Crippen LogP contribution in [0.1, 0.15) is 63.4 Å². The van der Waals surface area contributed by atoms with Crippen LogP contribution in [-0.2, 0) is 4.79 Å². The molecule has 3 nitrogen and oxygen atoms in total. The van der Waals surface area contributed by atoms with E-state index in [4.69, 9.17) is 0 Å². The molecule has 1 N–H and O–H groups in total. The van der Waals surface area contributed by atoms with Gasteiger partial charge in [-0.05, 0) is 37.1 Å². The second-order valence-corrected chi connectivity index (χ2v) is 7.01. The van der Waals surface area contributed by atoms with Gasteiger partial charge in [0.1, 0.15) is 6.17 Å². The SMILES string of the molecule is CCC(CC)N1C(=O)C2(CCCC2)NC1c1cccs1. The normalized spacial score (nSPS) is 25.2. The molecule has 1 aromatic rings. The zero-order valence-electron chi connectivity index (χ0n) is 12.4. The van der Waals surface area contributed by atoms with Gasteiger partial charge >= 0.3 is 0 Å². The molecule has 1 aromatic heterocycles. The van der Waals surface area contributed by atoms with Crippen LogP contribution in [0.2, 0.25) is 0 Å². The first-order valence-electron chi connectivity index (χ1n) is 7.85. The van der Waals surface area contributed by atoms with Crippen LogP contribution in [0.4, 0.5) is 0 Å². The van der Waals surface area contributed by atoms with Crippen molar-refractivity contribution in [2.75, 3.05) is 0 Å². The number of nitrogens with zero attached hydrogens (tertiary/aromatic N) is 1. The Morgan fingerprint density at radius 3 is 2.65 bits per heavy atom. The van der Waals surface area contributed by atoms with Crippen LogP contribution in [0.25, 0.3) is 0 Å². The van der Waals surface area contributed by atoms with Crippen molar-refractivity contribution in [3.8, 4) is 0 Å². The second-order valence-electron chi connectivity index (χ2n) is 6.03. The van der Waals surface area contributed by atoms with E-state index in [1.54, 1.807) is 11.3 Å². The molecular weight excluding hydrogens is 268 g/mol. The van der Waals surface area contributed by atoms with E-state index in [0.29, 0.717) is 11.9 Å². The summed E-state index contributed by atoms with van der Waals surface area (Å²) in [6, 6.07) is 4.58. The minimum absolute atomic E-state index is 0.0884. The number of hydrogen-bond acceptors (Lipinski definition) is 3. The highest BCUT2D eigenvalue weighted by Gasteiger charge is 2.54. The lowest BCUT2D eigenvalue weighted by molar-refractivity contribution is -0.135. The fourth-order valence-electron chi connectivity index (χ4n) is 3.81. The predicted octanol–water partition coefficient (Wildman–Crippen LogP) is 3.68. The Morgan fingerprint density at radius 1 is 1.40 bits per heavy atom. The summed E-state index contributed by atoms with van der Waals surface area (Å²) in [6.45, 7) is 4.37. The highest BCUT2D eigenvalue weighted by atomic mass is 32.1. The molecule has 1 aliphatic heterocycles. The molecule has 1 atom stereocenters. The van der Waals surface area contributed by atoms with Crippen LogP contribution in [0.15, 0.2) is 17.5 Å². The van der Waals surface area contributed by atoms with Crippen molar-refractivity contribution in [2.45, 2.75) is 70.1 Å². The standard InChI is InChI=1S/C16H24N2OS/c1-3-12(4-2)18-14(13-8-7-11-20-13)17-16(15(18)19)9-5-6-10-16/h7-8,11-12,14,17H,3-6,9-10H2,1-2H3. The van der Waals surface area contributed by atoms with Gasteiger partial charge in [-0.3, -0.25) is 10.1 Å². The number of carbonyl (C=O) groups is 1. The van der Waals surface area contributed by atoms with E-state index in [1.807, 2.05) is 0 Å². The Labute approximate surface area is 125 Å². The van der Waals surface area contributed by atoms with Crippen molar-refractivity contribution < 1.29 is 4.79 Å². The van der Waals surface area contributed by atoms with Gasteiger partial charge in [-0.15, -0.1) is 11.3 Å². The lowest BCUT2D eigenvalue weighted by atomic mass is 9.97. The van der Waals surface area contributed by atoms with Crippen LogP contribution < -0.4 is 5.32 Å². The highest BCUT2D eigenvalue weighted by molar-refractivity contribution is 7.10. The third-order valence-electron chi connectivity index (χ3n) is 4.94. The first-order valence-corrected chi connectivity index (χ1v) is 8.73. The molecule has 4 heteroatoms. The summed E-state index contributed by atoms with van der Waals surface area (Å²) in [7, 11) is 0. The van der Waals surface area contributed by atoms with Gasteiger partial charge in [0.15, 0.2) is 0 Å². The third kappa shape index (κ3) is 2.09. The third-order valence-corrected chi connectivity index (χ3v) is 5.87. The largest absolute Gasteiger partial charge is 0.318 e. The van der Waals surface area contributed by atoms with E-state index >= 15 is 0 Å². The Hall–Kier alpha value is -0.870. The zero-order valence-corrected chi connectivity index (χ0v) is 13.2. The zero-order chi connectivity index (χ0) is 14.2. The summed E-state index contributed by atoms with van der Waals surface area (Å²) >= 11 is 1.75. The van der Waals surface area contributed by atoms with Crippen molar-refractivity contribution in [1.29, 1.82) is 0 Å². The molecule has 1 saturated heterocycles. The van der Waals surface area contributed by atoms with Crippen molar-refractivity contribution in [3.05, 3.63) is 22.4 Å². The molecule has 2 fully saturated rings. The van der Waals surface area contributed by atoms with E-state index in [1.165, 1.54) is 17.7 Å². The molecule has 110 valence electrons. The minimum Gasteiger partial charge on any atom is -0.318 e. The van der Waals surface area contributed by atoms with E-state index < -0.39 is 0 Å². The van der Waals surface area contributed by atoms with Crippen molar-refractivity contribution >= 4 is 17.2 Å². The smallest absolute Gasteiger partial charge is 0.244 e. The van der Waals surface area contributed by atoms with E-state index in [9.17, 15) is 4.79 Å². The summed E-state index contributed by atoms with van der Waals surface area (Å²) in [5.41, 5.74) is -0.267. The van der Waals surface area contributed by atoms with Crippen LogP contribution >= 0.6 is 11.3 Å². The first kappa shape index (κ1) is 14.1. The number of hydrogen-bond donors (Lipinski definition) is 1. The first-order chi connectivity index (χ1) is 9.72. The van der Waals surface area contributed by atoms with E-state index in [0.717, 1.165) is 25.7 Å². The molecule has 2 aliphatic rings. The van der Waals surface area contributed by atoms with Crippen molar-refractivity contribution in [3.63, 3.8) is 0 Å². The minimum atomic E-state index is -0.267. The van der Waals surface area contributed by atoms with Crippen molar-refractivity contribution in [1.82, 2.24) is 10.2 Å². The number of carbonyl (C=O) groups excluding carboxylic acids is 1. The van der Waals surface area contributed by atoms with Crippen LogP contribution in [0.5, 0.6) is 0 Å². The molecule has 1 unspecified atom stereocenters. The Morgan fingerprint density at radius 2 is 2.10 bits per heavy atom. The molecular formula is C16H24N2OS. The quantitative estimate of drug-likeness (QED) is 0.918. The molecule has 0 bridgehead atoms. The van der Waals surface area contributed by atoms with Gasteiger partial charge in [0, 0.05) is 10.9 Å². The van der Waals surface area contributed by atoms with Crippen LogP contribution in [0, 0.1) is 0 Å². The number of amides is 1. The Kier molecular flexibility index (Phi) is 3.87. The van der Waals surface area contributed by atoms with Gasteiger partial charge in [0.2, 0.25) is 5.91 Å². The van der Waals surface area contributed by atoms with Gasteiger partial charge in [0.05, 0.1) is 5.54 Å². The number of thiophene rings is 1. The van der Waals surface area contributed by atoms with Gasteiger partial charge in [-0.1, -0.05) is 32.8 Å². The molecule has 0 radical (unpaired) electrons. The molecule has 20 heavy (non-hydrogen) atoms. The molecule has 3 rings (SSSR count). The Bertz CT molecular complexity index is 461.